The van der Waals surface area contributed by atoms with E-state index < -0.39 is 5.60 Å². The van der Waals surface area contributed by atoms with Gasteiger partial charge in [0.05, 0.1) is 0 Å². The standard InChI is InChI=1S/C17H29N3O2S/c1-5-14-11-19-15(23-14)12-18-13-7-6-9-20(10-8-13)16(21)22-17(2,3)4/h11,13,18H,5-10,12H2,1-4H3/t13-/m0/s1. The molecule has 23 heavy (non-hydrogen) atoms. The molecular weight excluding hydrogens is 310 g/mol. The van der Waals surface area contributed by atoms with E-state index in [1.54, 1.807) is 11.3 Å². The van der Waals surface area contributed by atoms with Gasteiger partial charge in [0.15, 0.2) is 0 Å². The van der Waals surface area contributed by atoms with Gasteiger partial charge in [0.1, 0.15) is 10.6 Å². The van der Waals surface area contributed by atoms with Crippen LogP contribution >= 0.6 is 11.3 Å². The molecular formula is C17H29N3O2S. The number of hydrogen-bond acceptors (Lipinski definition) is 5. The van der Waals surface area contributed by atoms with Crippen molar-refractivity contribution in [2.24, 2.45) is 0 Å². The molecule has 0 aromatic carbocycles. The molecule has 0 unspecified atom stereocenters. The van der Waals surface area contributed by atoms with Gasteiger partial charge in [-0.15, -0.1) is 11.3 Å². The molecule has 1 aliphatic heterocycles. The third-order valence-corrected chi connectivity index (χ3v) is 5.01. The van der Waals surface area contributed by atoms with Crippen LogP contribution < -0.4 is 5.32 Å². The van der Waals surface area contributed by atoms with E-state index in [4.69, 9.17) is 4.74 Å². The van der Waals surface area contributed by atoms with Crippen LogP contribution in [0.25, 0.3) is 0 Å². The van der Waals surface area contributed by atoms with Crippen LogP contribution in [-0.2, 0) is 17.7 Å². The number of nitrogens with one attached hydrogen (secondary N) is 1. The van der Waals surface area contributed by atoms with E-state index in [0.717, 1.165) is 50.3 Å². The molecule has 1 aromatic rings. The van der Waals surface area contributed by atoms with E-state index in [0.29, 0.717) is 6.04 Å². The van der Waals surface area contributed by atoms with Crippen LogP contribution in [-0.4, -0.2) is 40.7 Å². The lowest BCUT2D eigenvalue weighted by Gasteiger charge is -2.26. The summed E-state index contributed by atoms with van der Waals surface area (Å²) in [6.45, 7) is 10.2. The van der Waals surface area contributed by atoms with Gasteiger partial charge in [0, 0.05) is 36.8 Å². The molecule has 0 radical (unpaired) electrons. The number of carbonyl (C=O) groups is 1. The quantitative estimate of drug-likeness (QED) is 0.911. The van der Waals surface area contributed by atoms with E-state index >= 15 is 0 Å². The van der Waals surface area contributed by atoms with Crippen LogP contribution in [0, 0.1) is 0 Å². The molecule has 2 rings (SSSR count). The maximum atomic E-state index is 12.2. The number of aromatic nitrogens is 1. The third kappa shape index (κ3) is 6.11. The predicted octanol–water partition coefficient (Wildman–Crippen LogP) is 3.58. The van der Waals surface area contributed by atoms with Gasteiger partial charge in [-0.2, -0.15) is 0 Å². The molecule has 5 nitrogen and oxygen atoms in total. The summed E-state index contributed by atoms with van der Waals surface area (Å²) in [5, 5.41) is 4.74. The smallest absolute Gasteiger partial charge is 0.410 e. The minimum Gasteiger partial charge on any atom is -0.444 e. The van der Waals surface area contributed by atoms with Gasteiger partial charge in [-0.05, 0) is 46.5 Å². The van der Waals surface area contributed by atoms with Crippen molar-refractivity contribution in [2.45, 2.75) is 71.6 Å². The lowest BCUT2D eigenvalue weighted by atomic mass is 10.1. The van der Waals surface area contributed by atoms with Crippen molar-refractivity contribution in [3.63, 3.8) is 0 Å². The Hall–Kier alpha value is -1.14. The summed E-state index contributed by atoms with van der Waals surface area (Å²) in [5.74, 6) is 0. The monoisotopic (exact) mass is 339 g/mol. The van der Waals surface area contributed by atoms with Crippen LogP contribution in [0.15, 0.2) is 6.20 Å². The number of rotatable bonds is 4. The molecule has 1 fully saturated rings. The minimum atomic E-state index is -0.428. The first-order chi connectivity index (χ1) is 10.9. The van der Waals surface area contributed by atoms with E-state index in [1.807, 2.05) is 31.9 Å². The van der Waals surface area contributed by atoms with E-state index in [2.05, 4.69) is 17.2 Å². The Kier molecular flexibility index (Phi) is 6.41. The highest BCUT2D eigenvalue weighted by molar-refractivity contribution is 7.11. The van der Waals surface area contributed by atoms with Gasteiger partial charge < -0.3 is 15.0 Å². The normalized spacial score (nSPS) is 19.5. The zero-order valence-electron chi connectivity index (χ0n) is 14.7. The lowest BCUT2D eigenvalue weighted by molar-refractivity contribution is 0.0256. The summed E-state index contributed by atoms with van der Waals surface area (Å²) in [6, 6.07) is 0.441. The number of carbonyl (C=O) groups excluding carboxylic acids is 1. The fourth-order valence-corrected chi connectivity index (χ4v) is 3.45. The average molecular weight is 340 g/mol. The average Bonchev–Trinajstić information content (AvgIpc) is 2.80. The second kappa shape index (κ2) is 8.11. The Morgan fingerprint density at radius 3 is 2.87 bits per heavy atom. The van der Waals surface area contributed by atoms with Crippen molar-refractivity contribution < 1.29 is 9.53 Å². The first-order valence-electron chi connectivity index (χ1n) is 8.52. The highest BCUT2D eigenvalue weighted by atomic mass is 32.1. The number of amides is 1. The van der Waals surface area contributed by atoms with Crippen molar-refractivity contribution >= 4 is 17.4 Å². The van der Waals surface area contributed by atoms with Crippen molar-refractivity contribution in [2.75, 3.05) is 13.1 Å². The first kappa shape index (κ1) is 18.2. The third-order valence-electron chi connectivity index (χ3n) is 3.87. The van der Waals surface area contributed by atoms with E-state index in [-0.39, 0.29) is 6.09 Å². The Morgan fingerprint density at radius 1 is 1.43 bits per heavy atom. The number of nitrogens with zero attached hydrogens (tertiary/aromatic N) is 2. The van der Waals surface area contributed by atoms with Crippen LogP contribution in [0.3, 0.4) is 0 Å². The van der Waals surface area contributed by atoms with Gasteiger partial charge in [0.2, 0.25) is 0 Å². The Bertz CT molecular complexity index is 510. The minimum absolute atomic E-state index is 0.189. The van der Waals surface area contributed by atoms with Crippen molar-refractivity contribution in [3.05, 3.63) is 16.1 Å². The number of likely N-dealkylation sites (tertiary alicyclic amines) is 1. The number of thiazole rings is 1. The van der Waals surface area contributed by atoms with Gasteiger partial charge in [-0.25, -0.2) is 9.78 Å². The van der Waals surface area contributed by atoms with Crippen LogP contribution in [0.4, 0.5) is 4.79 Å². The summed E-state index contributed by atoms with van der Waals surface area (Å²) in [4.78, 5) is 19.8. The molecule has 1 saturated heterocycles. The summed E-state index contributed by atoms with van der Waals surface area (Å²) in [7, 11) is 0. The van der Waals surface area contributed by atoms with Crippen molar-refractivity contribution in [1.29, 1.82) is 0 Å². The number of ether oxygens (including phenoxy) is 1. The molecule has 0 bridgehead atoms. The van der Waals surface area contributed by atoms with Gasteiger partial charge in [0.25, 0.3) is 0 Å². The molecule has 1 N–H and O–H groups in total. The molecule has 0 spiro atoms. The fourth-order valence-electron chi connectivity index (χ4n) is 2.63. The fraction of sp³-hybridized carbons (Fsp3) is 0.765. The highest BCUT2D eigenvalue weighted by Gasteiger charge is 2.25. The molecule has 0 saturated carbocycles. The predicted molar refractivity (Wildman–Crippen MR) is 93.8 cm³/mol. The van der Waals surface area contributed by atoms with Gasteiger partial charge >= 0.3 is 6.09 Å². The van der Waals surface area contributed by atoms with E-state index in [1.165, 1.54) is 4.88 Å². The van der Waals surface area contributed by atoms with Crippen LogP contribution in [0.5, 0.6) is 0 Å². The zero-order chi connectivity index (χ0) is 16.9. The number of aryl methyl sites for hydroxylation is 1. The highest BCUT2D eigenvalue weighted by Crippen LogP contribution is 2.17. The molecule has 1 atom stereocenters. The zero-order valence-corrected chi connectivity index (χ0v) is 15.5. The Balaban J connectivity index is 1.78. The van der Waals surface area contributed by atoms with Crippen LogP contribution in [0.1, 0.15) is 56.8 Å². The summed E-state index contributed by atoms with van der Waals surface area (Å²) in [5.41, 5.74) is -0.428. The lowest BCUT2D eigenvalue weighted by Crippen LogP contribution is -2.38. The molecule has 130 valence electrons. The second-order valence-electron chi connectivity index (χ2n) is 7.05. The second-order valence-corrected chi connectivity index (χ2v) is 8.25. The molecule has 6 heteroatoms. The topological polar surface area (TPSA) is 54.5 Å². The van der Waals surface area contributed by atoms with Crippen LogP contribution in [0.2, 0.25) is 0 Å². The van der Waals surface area contributed by atoms with Crippen molar-refractivity contribution in [3.8, 4) is 0 Å². The Labute approximate surface area is 143 Å². The van der Waals surface area contributed by atoms with Gasteiger partial charge in [-0.1, -0.05) is 6.92 Å². The first-order valence-corrected chi connectivity index (χ1v) is 9.34. The number of hydrogen-bond donors (Lipinski definition) is 1. The van der Waals surface area contributed by atoms with E-state index in [9.17, 15) is 4.79 Å². The maximum Gasteiger partial charge on any atom is 0.410 e. The molecule has 1 aromatic heterocycles. The summed E-state index contributed by atoms with van der Waals surface area (Å²) >= 11 is 1.78. The largest absolute Gasteiger partial charge is 0.444 e. The molecule has 0 aliphatic carbocycles. The molecule has 2 heterocycles. The van der Waals surface area contributed by atoms with Gasteiger partial charge in [-0.3, -0.25) is 0 Å². The Morgan fingerprint density at radius 2 is 2.22 bits per heavy atom. The van der Waals surface area contributed by atoms with Crippen molar-refractivity contribution in [1.82, 2.24) is 15.2 Å². The summed E-state index contributed by atoms with van der Waals surface area (Å²) < 4.78 is 5.47. The maximum absolute atomic E-state index is 12.2. The summed E-state index contributed by atoms with van der Waals surface area (Å²) in [6.07, 6.45) is 5.89. The SMILES string of the molecule is CCc1cnc(CN[C@H]2CCCN(C(=O)OC(C)(C)C)CC2)s1. The molecule has 1 aliphatic rings. The molecule has 1 amide bonds.